The minimum atomic E-state index is -3.21. The number of hydrogen-bond acceptors (Lipinski definition) is 4. The lowest BCUT2D eigenvalue weighted by molar-refractivity contribution is 0.429. The molecule has 0 radical (unpaired) electrons. The van der Waals surface area contributed by atoms with E-state index in [2.05, 4.69) is 4.98 Å². The van der Waals surface area contributed by atoms with E-state index in [1.807, 2.05) is 18.2 Å². The Bertz CT molecular complexity index is 860. The summed E-state index contributed by atoms with van der Waals surface area (Å²) in [6.07, 6.45) is 5.83. The monoisotopic (exact) mass is 333 g/mol. The van der Waals surface area contributed by atoms with Gasteiger partial charge in [0.05, 0.1) is 12.8 Å². The Kier molecular flexibility index (Phi) is 4.32. The number of rotatable bonds is 3. The van der Waals surface area contributed by atoms with Crippen LogP contribution in [0.1, 0.15) is 16.8 Å². The molecule has 2 aromatic heterocycles. The molecule has 0 fully saturated rings. The summed E-state index contributed by atoms with van der Waals surface area (Å²) in [6, 6.07) is 7.15. The molecule has 0 unspecified atom stereocenters. The molecule has 23 heavy (non-hydrogen) atoms. The summed E-state index contributed by atoms with van der Waals surface area (Å²) in [7, 11) is -3.21. The van der Waals surface area contributed by atoms with E-state index in [0.717, 1.165) is 16.8 Å². The van der Waals surface area contributed by atoms with Crippen LogP contribution >= 0.6 is 0 Å². The van der Waals surface area contributed by atoms with Crippen molar-refractivity contribution in [1.82, 2.24) is 13.9 Å². The van der Waals surface area contributed by atoms with Crippen molar-refractivity contribution < 1.29 is 8.42 Å². The molecule has 1 aliphatic rings. The molecular weight excluding hydrogens is 314 g/mol. The molecule has 0 aromatic carbocycles. The fourth-order valence-corrected chi connectivity index (χ4v) is 3.80. The van der Waals surface area contributed by atoms with E-state index in [9.17, 15) is 13.2 Å². The third-order valence-electron chi connectivity index (χ3n) is 4.15. The van der Waals surface area contributed by atoms with Gasteiger partial charge in [0.1, 0.15) is 0 Å². The second kappa shape index (κ2) is 6.25. The van der Waals surface area contributed by atoms with Gasteiger partial charge in [0.15, 0.2) is 0 Å². The number of nitrogens with zero attached hydrogens (tertiary/aromatic N) is 3. The predicted octanol–water partition coefficient (Wildman–Crippen LogP) is 0.652. The highest BCUT2D eigenvalue weighted by Gasteiger charge is 2.22. The summed E-state index contributed by atoms with van der Waals surface area (Å²) in [6.45, 7) is 1.31. The lowest BCUT2D eigenvalue weighted by Gasteiger charge is -2.16. The summed E-state index contributed by atoms with van der Waals surface area (Å²) in [5, 5.41) is 0. The van der Waals surface area contributed by atoms with Gasteiger partial charge in [0.25, 0.3) is 5.56 Å². The zero-order chi connectivity index (χ0) is 16.4. The summed E-state index contributed by atoms with van der Waals surface area (Å²) in [5.41, 5.74) is 2.85. The minimum absolute atomic E-state index is 0.0691. The number of sulfonamides is 1. The van der Waals surface area contributed by atoms with Crippen LogP contribution < -0.4 is 5.56 Å². The van der Waals surface area contributed by atoms with Gasteiger partial charge < -0.3 is 4.57 Å². The van der Waals surface area contributed by atoms with Crippen molar-refractivity contribution in [3.63, 3.8) is 0 Å². The standard InChI is InChI=1S/C16H19N3O3S/c1-23(21,22)18-9-6-14-4-5-16(20)19(15(14)7-10-18)12-13-3-2-8-17-11-13/h2-5,8,11H,6-7,9-10,12H2,1H3. The van der Waals surface area contributed by atoms with Crippen LogP contribution in [0, 0.1) is 0 Å². The lowest BCUT2D eigenvalue weighted by atomic mass is 10.1. The molecular formula is C16H19N3O3S. The molecule has 0 atom stereocenters. The molecule has 0 bridgehead atoms. The van der Waals surface area contributed by atoms with Crippen LogP contribution in [0.2, 0.25) is 0 Å². The molecule has 7 heteroatoms. The van der Waals surface area contributed by atoms with Crippen molar-refractivity contribution in [2.24, 2.45) is 0 Å². The van der Waals surface area contributed by atoms with Gasteiger partial charge in [0, 0.05) is 43.7 Å². The van der Waals surface area contributed by atoms with E-state index < -0.39 is 10.0 Å². The maximum atomic E-state index is 12.3. The highest BCUT2D eigenvalue weighted by atomic mass is 32.2. The van der Waals surface area contributed by atoms with Crippen molar-refractivity contribution in [3.8, 4) is 0 Å². The second-order valence-corrected chi connectivity index (χ2v) is 7.74. The molecule has 1 aliphatic heterocycles. The quantitative estimate of drug-likeness (QED) is 0.827. The van der Waals surface area contributed by atoms with Crippen molar-refractivity contribution >= 4 is 10.0 Å². The highest BCUT2D eigenvalue weighted by Crippen LogP contribution is 2.17. The van der Waals surface area contributed by atoms with Crippen LogP contribution in [0.4, 0.5) is 0 Å². The Morgan fingerprint density at radius 2 is 1.96 bits per heavy atom. The molecule has 0 saturated heterocycles. The van der Waals surface area contributed by atoms with Crippen LogP contribution in [0.15, 0.2) is 41.5 Å². The molecule has 0 aliphatic carbocycles. The smallest absolute Gasteiger partial charge is 0.251 e. The fourth-order valence-electron chi connectivity index (χ4n) is 2.95. The average molecular weight is 333 g/mol. The van der Waals surface area contributed by atoms with E-state index in [0.29, 0.717) is 32.5 Å². The topological polar surface area (TPSA) is 72.3 Å². The zero-order valence-corrected chi connectivity index (χ0v) is 13.8. The van der Waals surface area contributed by atoms with Gasteiger partial charge in [-0.3, -0.25) is 9.78 Å². The van der Waals surface area contributed by atoms with Gasteiger partial charge in [0.2, 0.25) is 10.0 Å². The van der Waals surface area contributed by atoms with Crippen molar-refractivity contribution in [3.05, 3.63) is 63.8 Å². The Labute approximate surface area is 135 Å². The van der Waals surface area contributed by atoms with Crippen LogP contribution in [0.5, 0.6) is 0 Å². The van der Waals surface area contributed by atoms with Crippen LogP contribution in [0.3, 0.4) is 0 Å². The first-order chi connectivity index (χ1) is 10.9. The Hall–Kier alpha value is -1.99. The third-order valence-corrected chi connectivity index (χ3v) is 5.45. The molecule has 122 valence electrons. The highest BCUT2D eigenvalue weighted by molar-refractivity contribution is 7.88. The predicted molar refractivity (Wildman–Crippen MR) is 87.9 cm³/mol. The number of hydrogen-bond donors (Lipinski definition) is 0. The Balaban J connectivity index is 1.96. The number of fused-ring (bicyclic) bond motifs is 1. The molecule has 0 amide bonds. The van der Waals surface area contributed by atoms with Gasteiger partial charge in [-0.1, -0.05) is 12.1 Å². The molecule has 3 rings (SSSR count). The SMILES string of the molecule is CS(=O)(=O)N1CCc2ccc(=O)n(Cc3cccnc3)c2CC1. The number of pyridine rings is 2. The van der Waals surface area contributed by atoms with Crippen LogP contribution in [0.25, 0.3) is 0 Å². The van der Waals surface area contributed by atoms with E-state index in [1.54, 1.807) is 23.0 Å². The van der Waals surface area contributed by atoms with Gasteiger partial charge in [-0.25, -0.2) is 12.7 Å². The average Bonchev–Trinajstić information content (AvgIpc) is 2.73. The maximum Gasteiger partial charge on any atom is 0.251 e. The van der Waals surface area contributed by atoms with Crippen molar-refractivity contribution in [2.45, 2.75) is 19.4 Å². The van der Waals surface area contributed by atoms with Crippen LogP contribution in [-0.2, 0) is 29.4 Å². The van der Waals surface area contributed by atoms with Gasteiger partial charge in [-0.2, -0.15) is 0 Å². The van der Waals surface area contributed by atoms with Crippen molar-refractivity contribution in [1.29, 1.82) is 0 Å². The maximum absolute atomic E-state index is 12.3. The Morgan fingerprint density at radius 3 is 2.65 bits per heavy atom. The normalized spacial score (nSPS) is 15.9. The lowest BCUT2D eigenvalue weighted by Crippen LogP contribution is -2.32. The minimum Gasteiger partial charge on any atom is -0.308 e. The molecule has 0 saturated carbocycles. The fraction of sp³-hybridized carbons (Fsp3) is 0.375. The van der Waals surface area contributed by atoms with Gasteiger partial charge in [-0.05, 0) is 23.6 Å². The first-order valence-electron chi connectivity index (χ1n) is 7.51. The molecule has 0 spiro atoms. The summed E-state index contributed by atoms with van der Waals surface area (Å²) in [5.74, 6) is 0. The summed E-state index contributed by atoms with van der Waals surface area (Å²) in [4.78, 5) is 16.4. The van der Waals surface area contributed by atoms with Gasteiger partial charge in [-0.15, -0.1) is 0 Å². The molecule has 2 aromatic rings. The number of aromatic nitrogens is 2. The van der Waals surface area contributed by atoms with Crippen molar-refractivity contribution in [2.75, 3.05) is 19.3 Å². The molecule has 0 N–H and O–H groups in total. The van der Waals surface area contributed by atoms with E-state index in [4.69, 9.17) is 0 Å². The first kappa shape index (κ1) is 15.9. The van der Waals surface area contributed by atoms with Gasteiger partial charge >= 0.3 is 0 Å². The summed E-state index contributed by atoms with van der Waals surface area (Å²) >= 11 is 0. The molecule has 6 nitrogen and oxygen atoms in total. The third kappa shape index (κ3) is 3.51. The molecule has 3 heterocycles. The van der Waals surface area contributed by atoms with E-state index in [1.165, 1.54) is 10.6 Å². The second-order valence-electron chi connectivity index (χ2n) is 5.75. The first-order valence-corrected chi connectivity index (χ1v) is 9.35. The van der Waals surface area contributed by atoms with E-state index >= 15 is 0 Å². The largest absolute Gasteiger partial charge is 0.308 e. The zero-order valence-electron chi connectivity index (χ0n) is 13.0. The Morgan fingerprint density at radius 1 is 1.17 bits per heavy atom. The van der Waals surface area contributed by atoms with E-state index in [-0.39, 0.29) is 5.56 Å². The van der Waals surface area contributed by atoms with Crippen LogP contribution in [-0.4, -0.2) is 41.6 Å². The summed E-state index contributed by atoms with van der Waals surface area (Å²) < 4.78 is 26.8.